The van der Waals surface area contributed by atoms with Crippen LogP contribution >= 0.6 is 0 Å². The molecule has 0 amide bonds. The Bertz CT molecular complexity index is 321. The zero-order chi connectivity index (χ0) is 11.9. The molecule has 0 bridgehead atoms. The van der Waals surface area contributed by atoms with Gasteiger partial charge in [0.15, 0.2) is 0 Å². The average Bonchev–Trinajstić information content (AvgIpc) is 2.89. The van der Waals surface area contributed by atoms with Gasteiger partial charge in [0, 0.05) is 0 Å². The van der Waals surface area contributed by atoms with E-state index in [2.05, 4.69) is 31.2 Å². The van der Waals surface area contributed by atoms with E-state index >= 15 is 0 Å². The van der Waals surface area contributed by atoms with Crippen LogP contribution in [0, 0.1) is 0 Å². The van der Waals surface area contributed by atoms with Crippen molar-refractivity contribution in [3.63, 3.8) is 0 Å². The molecule has 94 valence electrons. The van der Waals surface area contributed by atoms with Gasteiger partial charge in [0.1, 0.15) is 0 Å². The maximum Gasteiger partial charge on any atom is -0.0159 e. The molecule has 17 heavy (non-hydrogen) atoms. The highest BCUT2D eigenvalue weighted by Gasteiger charge is 2.18. The van der Waals surface area contributed by atoms with Gasteiger partial charge in [0.05, 0.1) is 0 Å². The zero-order valence-electron chi connectivity index (χ0n) is 11.3. The first-order valence-electron chi connectivity index (χ1n) is 7.49. The van der Waals surface area contributed by atoms with Crippen LogP contribution in [0.4, 0.5) is 0 Å². The fourth-order valence-corrected chi connectivity index (χ4v) is 3.14. The van der Waals surface area contributed by atoms with Crippen molar-refractivity contribution in [2.24, 2.45) is 0 Å². The summed E-state index contributed by atoms with van der Waals surface area (Å²) in [6.07, 6.45) is 12.5. The first-order chi connectivity index (χ1) is 8.42. The quantitative estimate of drug-likeness (QED) is 0.569. The Kier molecular flexibility index (Phi) is 5.09. The topological polar surface area (TPSA) is 0 Å². The lowest BCUT2D eigenvalue weighted by atomic mass is 9.90. The van der Waals surface area contributed by atoms with Crippen LogP contribution in [0.3, 0.4) is 0 Å². The predicted molar refractivity (Wildman–Crippen MR) is 75.5 cm³/mol. The Labute approximate surface area is 106 Å². The molecule has 0 aliphatic heterocycles. The summed E-state index contributed by atoms with van der Waals surface area (Å²) in [5.41, 5.74) is 3.30. The van der Waals surface area contributed by atoms with Crippen molar-refractivity contribution in [2.75, 3.05) is 0 Å². The number of benzene rings is 1. The number of hydrogen-bond acceptors (Lipinski definition) is 0. The van der Waals surface area contributed by atoms with Crippen LogP contribution in [0.2, 0.25) is 0 Å². The fourth-order valence-electron chi connectivity index (χ4n) is 3.14. The standard InChI is InChI=1S/C17H26/c1-2-3-4-5-10-15-13-8-9-14-17(15)16-11-6-7-12-16/h8-9,13-14,16H,2-7,10-12H2,1H3. The van der Waals surface area contributed by atoms with E-state index in [9.17, 15) is 0 Å². The van der Waals surface area contributed by atoms with Crippen LogP contribution in [-0.4, -0.2) is 0 Å². The molecule has 1 aromatic rings. The lowest BCUT2D eigenvalue weighted by molar-refractivity contribution is 0.653. The molecular formula is C17H26. The number of aryl methyl sites for hydroxylation is 1. The van der Waals surface area contributed by atoms with Crippen LogP contribution in [0.1, 0.15) is 75.3 Å². The molecular weight excluding hydrogens is 204 g/mol. The lowest BCUT2D eigenvalue weighted by Gasteiger charge is -2.15. The van der Waals surface area contributed by atoms with E-state index in [-0.39, 0.29) is 0 Å². The normalized spacial score (nSPS) is 16.5. The molecule has 2 rings (SSSR count). The minimum atomic E-state index is 0.873. The molecule has 0 N–H and O–H groups in total. The van der Waals surface area contributed by atoms with Crippen molar-refractivity contribution >= 4 is 0 Å². The molecule has 1 aliphatic rings. The smallest absolute Gasteiger partial charge is 0.0159 e. The Morgan fingerprint density at radius 3 is 2.53 bits per heavy atom. The molecule has 0 heteroatoms. The van der Waals surface area contributed by atoms with Gasteiger partial charge in [-0.3, -0.25) is 0 Å². The summed E-state index contributed by atoms with van der Waals surface area (Å²) in [4.78, 5) is 0. The molecule has 1 aliphatic carbocycles. The van der Waals surface area contributed by atoms with E-state index < -0.39 is 0 Å². The van der Waals surface area contributed by atoms with Crippen LogP contribution in [0.15, 0.2) is 24.3 Å². The summed E-state index contributed by atoms with van der Waals surface area (Å²) >= 11 is 0. The molecule has 0 saturated heterocycles. The molecule has 1 aromatic carbocycles. The molecule has 0 heterocycles. The van der Waals surface area contributed by atoms with E-state index in [4.69, 9.17) is 0 Å². The molecule has 0 aromatic heterocycles. The van der Waals surface area contributed by atoms with Crippen molar-refractivity contribution < 1.29 is 0 Å². The molecule has 0 spiro atoms. The van der Waals surface area contributed by atoms with Gasteiger partial charge in [-0.2, -0.15) is 0 Å². The molecule has 0 nitrogen and oxygen atoms in total. The van der Waals surface area contributed by atoms with E-state index in [1.54, 1.807) is 11.1 Å². The van der Waals surface area contributed by atoms with E-state index in [1.807, 2.05) is 0 Å². The molecule has 0 radical (unpaired) electrons. The van der Waals surface area contributed by atoms with Crippen LogP contribution < -0.4 is 0 Å². The lowest BCUT2D eigenvalue weighted by Crippen LogP contribution is -1.99. The summed E-state index contributed by atoms with van der Waals surface area (Å²) in [6, 6.07) is 9.18. The second kappa shape index (κ2) is 6.83. The minimum Gasteiger partial charge on any atom is -0.0654 e. The molecule has 1 saturated carbocycles. The summed E-state index contributed by atoms with van der Waals surface area (Å²) in [7, 11) is 0. The van der Waals surface area contributed by atoms with Crippen molar-refractivity contribution in [1.82, 2.24) is 0 Å². The number of hydrogen-bond donors (Lipinski definition) is 0. The van der Waals surface area contributed by atoms with Gasteiger partial charge in [-0.1, -0.05) is 63.3 Å². The highest BCUT2D eigenvalue weighted by Crippen LogP contribution is 2.36. The van der Waals surface area contributed by atoms with Gasteiger partial charge in [-0.25, -0.2) is 0 Å². The van der Waals surface area contributed by atoms with Crippen molar-refractivity contribution in [3.8, 4) is 0 Å². The van der Waals surface area contributed by atoms with E-state index in [1.165, 1.54) is 57.8 Å². The van der Waals surface area contributed by atoms with E-state index in [0.717, 1.165) is 5.92 Å². The van der Waals surface area contributed by atoms with Gasteiger partial charge < -0.3 is 0 Å². The van der Waals surface area contributed by atoms with Crippen molar-refractivity contribution in [3.05, 3.63) is 35.4 Å². The van der Waals surface area contributed by atoms with Gasteiger partial charge in [0.25, 0.3) is 0 Å². The number of unbranched alkanes of at least 4 members (excludes halogenated alkanes) is 3. The molecule has 0 atom stereocenters. The first-order valence-corrected chi connectivity index (χ1v) is 7.49. The third-order valence-electron chi connectivity index (χ3n) is 4.15. The largest absolute Gasteiger partial charge is 0.0654 e. The minimum absolute atomic E-state index is 0.873. The fraction of sp³-hybridized carbons (Fsp3) is 0.647. The van der Waals surface area contributed by atoms with Crippen molar-refractivity contribution in [2.45, 2.75) is 70.6 Å². The van der Waals surface area contributed by atoms with E-state index in [0.29, 0.717) is 0 Å². The van der Waals surface area contributed by atoms with Crippen LogP contribution in [0.25, 0.3) is 0 Å². The summed E-state index contributed by atoms with van der Waals surface area (Å²) in [5, 5.41) is 0. The SMILES string of the molecule is CCCCCCc1ccccc1C1CCCC1. The highest BCUT2D eigenvalue weighted by atomic mass is 14.2. The second-order valence-corrected chi connectivity index (χ2v) is 5.49. The Morgan fingerprint density at radius 1 is 1.00 bits per heavy atom. The zero-order valence-corrected chi connectivity index (χ0v) is 11.3. The monoisotopic (exact) mass is 230 g/mol. The second-order valence-electron chi connectivity index (χ2n) is 5.49. The summed E-state index contributed by atoms with van der Waals surface area (Å²) < 4.78 is 0. The third kappa shape index (κ3) is 3.59. The Balaban J connectivity index is 1.95. The van der Waals surface area contributed by atoms with Crippen LogP contribution in [-0.2, 0) is 6.42 Å². The summed E-state index contributed by atoms with van der Waals surface area (Å²) in [6.45, 7) is 2.28. The Hall–Kier alpha value is -0.780. The third-order valence-corrected chi connectivity index (χ3v) is 4.15. The maximum absolute atomic E-state index is 2.38. The van der Waals surface area contributed by atoms with Gasteiger partial charge in [-0.15, -0.1) is 0 Å². The number of rotatable bonds is 6. The maximum atomic E-state index is 2.38. The van der Waals surface area contributed by atoms with Crippen LogP contribution in [0.5, 0.6) is 0 Å². The summed E-state index contributed by atoms with van der Waals surface area (Å²) in [5.74, 6) is 0.873. The van der Waals surface area contributed by atoms with Gasteiger partial charge in [0.2, 0.25) is 0 Å². The molecule has 0 unspecified atom stereocenters. The van der Waals surface area contributed by atoms with Gasteiger partial charge >= 0.3 is 0 Å². The van der Waals surface area contributed by atoms with Crippen molar-refractivity contribution in [1.29, 1.82) is 0 Å². The average molecular weight is 230 g/mol. The predicted octanol–water partition coefficient (Wildman–Crippen LogP) is 5.47. The molecule has 1 fully saturated rings. The Morgan fingerprint density at radius 2 is 1.76 bits per heavy atom. The van der Waals surface area contributed by atoms with Gasteiger partial charge in [-0.05, 0) is 42.7 Å². The highest BCUT2D eigenvalue weighted by molar-refractivity contribution is 5.31. The first kappa shape index (κ1) is 12.7.